The summed E-state index contributed by atoms with van der Waals surface area (Å²) in [6.07, 6.45) is 0.688. The van der Waals surface area contributed by atoms with Crippen molar-refractivity contribution >= 4 is 33.2 Å². The van der Waals surface area contributed by atoms with Crippen LogP contribution >= 0.6 is 27.5 Å². The molecule has 0 amide bonds. The second-order valence-electron chi connectivity index (χ2n) is 2.59. The number of alkyl halides is 1. The number of hydrogen-bond donors (Lipinski definition) is 1. The van der Waals surface area contributed by atoms with Crippen LogP contribution in [0.3, 0.4) is 0 Å². The summed E-state index contributed by atoms with van der Waals surface area (Å²) in [6, 6.07) is 2.45. The van der Waals surface area contributed by atoms with Crippen LogP contribution in [-0.2, 0) is 0 Å². The fourth-order valence-electron chi connectivity index (χ4n) is 0.893. The molecule has 1 aromatic carbocycles. The SMILES string of the molecule is Nc1c(Cl)cc(F)cc1C#CCCBr. The minimum atomic E-state index is -0.424. The van der Waals surface area contributed by atoms with Crippen molar-refractivity contribution in [1.82, 2.24) is 0 Å². The van der Waals surface area contributed by atoms with Gasteiger partial charge in [0.05, 0.1) is 16.3 Å². The quantitative estimate of drug-likeness (QED) is 0.476. The third-order valence-electron chi connectivity index (χ3n) is 1.54. The normalized spacial score (nSPS) is 9.36. The van der Waals surface area contributed by atoms with Gasteiger partial charge in [0, 0.05) is 11.8 Å². The second-order valence-corrected chi connectivity index (χ2v) is 3.79. The van der Waals surface area contributed by atoms with Gasteiger partial charge in [-0.25, -0.2) is 4.39 Å². The van der Waals surface area contributed by atoms with Crippen molar-refractivity contribution in [1.29, 1.82) is 0 Å². The highest BCUT2D eigenvalue weighted by atomic mass is 79.9. The van der Waals surface area contributed by atoms with Gasteiger partial charge < -0.3 is 5.73 Å². The molecule has 74 valence electrons. The van der Waals surface area contributed by atoms with E-state index in [1.165, 1.54) is 12.1 Å². The van der Waals surface area contributed by atoms with E-state index in [0.29, 0.717) is 17.7 Å². The summed E-state index contributed by atoms with van der Waals surface area (Å²) < 4.78 is 12.9. The lowest BCUT2D eigenvalue weighted by Gasteiger charge is -2.00. The highest BCUT2D eigenvalue weighted by Gasteiger charge is 2.03. The molecule has 0 bridgehead atoms. The molecule has 0 spiro atoms. The number of rotatable bonds is 1. The third kappa shape index (κ3) is 2.90. The Bertz CT molecular complexity index is 395. The first-order valence-corrected chi connectivity index (χ1v) is 5.44. The van der Waals surface area contributed by atoms with Crippen LogP contribution in [0, 0.1) is 17.7 Å². The summed E-state index contributed by atoms with van der Waals surface area (Å²) in [5, 5.41) is 0.983. The maximum absolute atomic E-state index is 12.9. The second kappa shape index (κ2) is 5.23. The van der Waals surface area contributed by atoms with E-state index in [-0.39, 0.29) is 5.02 Å². The van der Waals surface area contributed by atoms with E-state index in [1.54, 1.807) is 0 Å². The molecule has 0 saturated carbocycles. The van der Waals surface area contributed by atoms with Crippen LogP contribution in [0.15, 0.2) is 12.1 Å². The van der Waals surface area contributed by atoms with E-state index in [4.69, 9.17) is 17.3 Å². The van der Waals surface area contributed by atoms with E-state index < -0.39 is 5.82 Å². The van der Waals surface area contributed by atoms with Crippen LogP contribution in [-0.4, -0.2) is 5.33 Å². The van der Waals surface area contributed by atoms with Gasteiger partial charge in [0.1, 0.15) is 5.82 Å². The summed E-state index contributed by atoms with van der Waals surface area (Å²) in [6.45, 7) is 0. The molecule has 0 fully saturated rings. The Balaban J connectivity index is 3.04. The summed E-state index contributed by atoms with van der Waals surface area (Å²) in [5.74, 6) is 5.19. The van der Waals surface area contributed by atoms with Gasteiger partial charge in [0.2, 0.25) is 0 Å². The van der Waals surface area contributed by atoms with Gasteiger partial charge in [-0.3, -0.25) is 0 Å². The molecular formula is C10H8BrClFN. The fourth-order valence-corrected chi connectivity index (χ4v) is 1.30. The Kier molecular flexibility index (Phi) is 4.24. The van der Waals surface area contributed by atoms with Crippen molar-refractivity contribution in [3.63, 3.8) is 0 Å². The largest absolute Gasteiger partial charge is 0.397 e. The van der Waals surface area contributed by atoms with Crippen LogP contribution in [0.1, 0.15) is 12.0 Å². The number of anilines is 1. The Morgan fingerprint density at radius 1 is 1.50 bits per heavy atom. The maximum atomic E-state index is 12.9. The minimum Gasteiger partial charge on any atom is -0.397 e. The Labute approximate surface area is 95.6 Å². The maximum Gasteiger partial charge on any atom is 0.126 e. The van der Waals surface area contributed by atoms with Gasteiger partial charge in [-0.1, -0.05) is 39.4 Å². The molecule has 1 rings (SSSR count). The van der Waals surface area contributed by atoms with Crippen molar-refractivity contribution in [2.24, 2.45) is 0 Å². The monoisotopic (exact) mass is 275 g/mol. The fraction of sp³-hybridized carbons (Fsp3) is 0.200. The first-order valence-electron chi connectivity index (χ1n) is 3.94. The number of halogens is 3. The Hall–Kier alpha value is -0.720. The smallest absolute Gasteiger partial charge is 0.126 e. The van der Waals surface area contributed by atoms with Crippen LogP contribution < -0.4 is 5.73 Å². The first kappa shape index (κ1) is 11.4. The highest BCUT2D eigenvalue weighted by Crippen LogP contribution is 2.23. The molecule has 0 unspecified atom stereocenters. The highest BCUT2D eigenvalue weighted by molar-refractivity contribution is 9.09. The number of nitrogen functional groups attached to an aromatic ring is 1. The van der Waals surface area contributed by atoms with Crippen LogP contribution in [0.4, 0.5) is 10.1 Å². The van der Waals surface area contributed by atoms with Crippen molar-refractivity contribution in [2.75, 3.05) is 11.1 Å². The molecule has 0 aromatic heterocycles. The molecule has 1 nitrogen and oxygen atoms in total. The summed E-state index contributed by atoms with van der Waals surface area (Å²) in [4.78, 5) is 0. The number of nitrogens with two attached hydrogens (primary N) is 1. The van der Waals surface area contributed by atoms with Crippen molar-refractivity contribution in [3.05, 3.63) is 28.5 Å². The molecule has 1 aromatic rings. The average molecular weight is 277 g/mol. The molecule has 4 heteroatoms. The van der Waals surface area contributed by atoms with Crippen LogP contribution in [0.2, 0.25) is 5.02 Å². The Morgan fingerprint density at radius 2 is 2.21 bits per heavy atom. The lowest BCUT2D eigenvalue weighted by molar-refractivity contribution is 0.628. The van der Waals surface area contributed by atoms with Gasteiger partial charge in [-0.05, 0) is 12.1 Å². The van der Waals surface area contributed by atoms with Gasteiger partial charge in [0.15, 0.2) is 0 Å². The summed E-state index contributed by atoms with van der Waals surface area (Å²) in [5.41, 5.74) is 6.39. The zero-order valence-corrected chi connectivity index (χ0v) is 9.62. The predicted octanol–water partition coefficient (Wildman–Crippen LogP) is 3.20. The topological polar surface area (TPSA) is 26.0 Å². The van der Waals surface area contributed by atoms with Crippen molar-refractivity contribution in [2.45, 2.75) is 6.42 Å². The van der Waals surface area contributed by atoms with E-state index in [0.717, 1.165) is 5.33 Å². The first-order chi connectivity index (χ1) is 6.65. The lowest BCUT2D eigenvalue weighted by atomic mass is 10.2. The number of hydrogen-bond acceptors (Lipinski definition) is 1. The molecule has 0 radical (unpaired) electrons. The van der Waals surface area contributed by atoms with E-state index in [2.05, 4.69) is 27.8 Å². The molecule has 0 aliphatic heterocycles. The van der Waals surface area contributed by atoms with Gasteiger partial charge in [0.25, 0.3) is 0 Å². The molecular weight excluding hydrogens is 268 g/mol. The Morgan fingerprint density at radius 3 is 2.86 bits per heavy atom. The molecule has 0 atom stereocenters. The van der Waals surface area contributed by atoms with E-state index in [9.17, 15) is 4.39 Å². The van der Waals surface area contributed by atoms with Crippen molar-refractivity contribution in [3.8, 4) is 11.8 Å². The van der Waals surface area contributed by atoms with Gasteiger partial charge in [-0.2, -0.15) is 0 Å². The van der Waals surface area contributed by atoms with Gasteiger partial charge in [-0.15, -0.1) is 0 Å². The zero-order valence-electron chi connectivity index (χ0n) is 7.28. The lowest BCUT2D eigenvalue weighted by Crippen LogP contribution is -1.93. The molecule has 0 aliphatic rings. The van der Waals surface area contributed by atoms with Gasteiger partial charge >= 0.3 is 0 Å². The average Bonchev–Trinajstić information content (AvgIpc) is 2.13. The predicted molar refractivity (Wildman–Crippen MR) is 61.1 cm³/mol. The molecule has 0 aliphatic carbocycles. The van der Waals surface area contributed by atoms with E-state index >= 15 is 0 Å². The molecule has 0 saturated heterocycles. The third-order valence-corrected chi connectivity index (χ3v) is 2.25. The number of benzene rings is 1. The zero-order chi connectivity index (χ0) is 10.6. The van der Waals surface area contributed by atoms with Crippen LogP contribution in [0.25, 0.3) is 0 Å². The minimum absolute atomic E-state index is 0.202. The van der Waals surface area contributed by atoms with E-state index in [1.807, 2.05) is 0 Å². The molecule has 14 heavy (non-hydrogen) atoms. The summed E-state index contributed by atoms with van der Waals surface area (Å²) in [7, 11) is 0. The standard InChI is InChI=1S/C10H8BrClFN/c11-4-2-1-3-7-5-8(13)6-9(12)10(7)14/h5-6H,2,4,14H2. The summed E-state index contributed by atoms with van der Waals surface area (Å²) >= 11 is 8.93. The van der Waals surface area contributed by atoms with Crippen molar-refractivity contribution < 1.29 is 4.39 Å². The van der Waals surface area contributed by atoms with Crippen LogP contribution in [0.5, 0.6) is 0 Å². The molecule has 2 N–H and O–H groups in total. The molecule has 0 heterocycles.